The Morgan fingerprint density at radius 3 is 2.88 bits per heavy atom. The van der Waals surface area contributed by atoms with Gasteiger partial charge in [0, 0.05) is 24.4 Å². The number of carbonyl (C=O) groups is 1. The fraction of sp³-hybridized carbons (Fsp3) is 0.364. The highest BCUT2D eigenvalue weighted by molar-refractivity contribution is 6.32. The molecule has 0 radical (unpaired) electrons. The van der Waals surface area contributed by atoms with Crippen molar-refractivity contribution in [2.45, 2.75) is 45.9 Å². The van der Waals surface area contributed by atoms with Crippen LogP contribution in [0.25, 0.3) is 11.3 Å². The van der Waals surface area contributed by atoms with Crippen LogP contribution in [0.1, 0.15) is 49.6 Å². The molecule has 2 heterocycles. The minimum atomic E-state index is -0.698. The number of carbonyl (C=O) groups excluding carboxylic acids is 1. The van der Waals surface area contributed by atoms with Gasteiger partial charge in [-0.3, -0.25) is 9.48 Å². The van der Waals surface area contributed by atoms with E-state index in [0.29, 0.717) is 35.9 Å². The molecule has 1 amide bonds. The van der Waals surface area contributed by atoms with E-state index in [0.717, 1.165) is 0 Å². The maximum Gasteiger partial charge on any atom is 0.269 e. The highest BCUT2D eigenvalue weighted by Crippen LogP contribution is 2.27. The van der Waals surface area contributed by atoms with Gasteiger partial charge in [-0.05, 0) is 45.9 Å². The number of benzene rings is 1. The standard InChI is InChI=1S/C22H24ClFN6O2/c1-5-32-22(3,4)21-26-11-19(28-21)20(31)27-13(2)12-30-7-6-18(29-30)14-8-16(23)15(10-25)17(24)9-14/h6-9,11,13H,5,12H2,1-4H3,(H,26,28)(H,27,31). The molecule has 168 valence electrons. The molecule has 1 aromatic carbocycles. The predicted octanol–water partition coefficient (Wildman–Crippen LogP) is 4.03. The number of amides is 1. The predicted molar refractivity (Wildman–Crippen MR) is 118 cm³/mol. The third-order valence-corrected chi connectivity index (χ3v) is 5.12. The number of imidazole rings is 1. The van der Waals surface area contributed by atoms with Gasteiger partial charge in [-0.1, -0.05) is 11.6 Å². The van der Waals surface area contributed by atoms with Crippen LogP contribution in [-0.4, -0.2) is 38.3 Å². The SMILES string of the molecule is CCOC(C)(C)c1ncc(C(=O)NC(C)Cn2ccc(-c3cc(F)c(C#N)c(Cl)c3)n2)[nH]1. The summed E-state index contributed by atoms with van der Waals surface area (Å²) in [6.07, 6.45) is 3.20. The third-order valence-electron chi connectivity index (χ3n) is 4.82. The van der Waals surface area contributed by atoms with E-state index in [9.17, 15) is 9.18 Å². The maximum absolute atomic E-state index is 14.0. The Kier molecular flexibility index (Phi) is 6.96. The number of hydrogen-bond donors (Lipinski definition) is 2. The van der Waals surface area contributed by atoms with Gasteiger partial charge in [0.2, 0.25) is 0 Å². The van der Waals surface area contributed by atoms with Crippen LogP contribution in [0.3, 0.4) is 0 Å². The van der Waals surface area contributed by atoms with Crippen LogP contribution in [0.2, 0.25) is 5.02 Å². The second-order valence-corrected chi connectivity index (χ2v) is 8.22. The molecule has 32 heavy (non-hydrogen) atoms. The topological polar surface area (TPSA) is 109 Å². The number of rotatable bonds is 8. The summed E-state index contributed by atoms with van der Waals surface area (Å²) in [7, 11) is 0. The molecule has 2 N–H and O–H groups in total. The van der Waals surface area contributed by atoms with Gasteiger partial charge in [0.05, 0.1) is 23.5 Å². The first-order valence-electron chi connectivity index (χ1n) is 10.1. The Bertz CT molecular complexity index is 1140. The molecule has 0 bridgehead atoms. The fourth-order valence-corrected chi connectivity index (χ4v) is 3.49. The summed E-state index contributed by atoms with van der Waals surface area (Å²) in [6, 6.07) is 5.92. The molecule has 1 atom stereocenters. The van der Waals surface area contributed by atoms with Crippen molar-refractivity contribution in [2.24, 2.45) is 0 Å². The molecule has 0 aliphatic heterocycles. The van der Waals surface area contributed by atoms with E-state index in [1.165, 1.54) is 18.3 Å². The first-order valence-corrected chi connectivity index (χ1v) is 10.5. The Hall–Kier alpha value is -3.22. The van der Waals surface area contributed by atoms with Gasteiger partial charge in [-0.2, -0.15) is 10.4 Å². The molecule has 0 saturated heterocycles. The van der Waals surface area contributed by atoms with Crippen LogP contribution in [0.5, 0.6) is 0 Å². The molecule has 8 nitrogen and oxygen atoms in total. The number of halogens is 2. The van der Waals surface area contributed by atoms with E-state index in [-0.39, 0.29) is 22.5 Å². The monoisotopic (exact) mass is 458 g/mol. The normalized spacial score (nSPS) is 12.4. The summed E-state index contributed by atoms with van der Waals surface area (Å²) >= 11 is 5.98. The lowest BCUT2D eigenvalue weighted by molar-refractivity contribution is -0.0202. The number of nitrogens with one attached hydrogen (secondary N) is 2. The van der Waals surface area contributed by atoms with Crippen LogP contribution in [0.4, 0.5) is 4.39 Å². The van der Waals surface area contributed by atoms with E-state index in [1.54, 1.807) is 23.0 Å². The highest BCUT2D eigenvalue weighted by atomic mass is 35.5. The molecule has 0 saturated carbocycles. The van der Waals surface area contributed by atoms with E-state index in [4.69, 9.17) is 21.6 Å². The number of aromatic amines is 1. The summed E-state index contributed by atoms with van der Waals surface area (Å²) in [6.45, 7) is 8.42. The zero-order valence-corrected chi connectivity index (χ0v) is 19.0. The van der Waals surface area contributed by atoms with Gasteiger partial charge in [-0.15, -0.1) is 0 Å². The average Bonchev–Trinajstić information content (AvgIpc) is 3.38. The Balaban J connectivity index is 1.65. The number of hydrogen-bond acceptors (Lipinski definition) is 5. The molecular formula is C22H24ClFN6O2. The van der Waals surface area contributed by atoms with Crippen LogP contribution >= 0.6 is 11.6 Å². The Morgan fingerprint density at radius 2 is 2.22 bits per heavy atom. The van der Waals surface area contributed by atoms with Gasteiger partial charge in [-0.25, -0.2) is 9.37 Å². The van der Waals surface area contributed by atoms with Crippen molar-refractivity contribution in [3.63, 3.8) is 0 Å². The summed E-state index contributed by atoms with van der Waals surface area (Å²) in [4.78, 5) is 19.8. The molecule has 3 rings (SSSR count). The van der Waals surface area contributed by atoms with E-state index in [2.05, 4.69) is 20.4 Å². The van der Waals surface area contributed by atoms with Crippen molar-refractivity contribution in [1.82, 2.24) is 25.1 Å². The smallest absolute Gasteiger partial charge is 0.269 e. The second kappa shape index (κ2) is 9.51. The maximum atomic E-state index is 14.0. The van der Waals surface area contributed by atoms with Gasteiger partial charge in [0.25, 0.3) is 5.91 Å². The number of aromatic nitrogens is 4. The van der Waals surface area contributed by atoms with Gasteiger partial charge < -0.3 is 15.0 Å². The molecule has 2 aromatic heterocycles. The van der Waals surface area contributed by atoms with Crippen molar-refractivity contribution >= 4 is 17.5 Å². The van der Waals surface area contributed by atoms with Crippen molar-refractivity contribution in [3.05, 3.63) is 58.5 Å². The Morgan fingerprint density at radius 1 is 1.47 bits per heavy atom. The molecule has 0 spiro atoms. The van der Waals surface area contributed by atoms with E-state index in [1.807, 2.05) is 27.7 Å². The van der Waals surface area contributed by atoms with Crippen molar-refractivity contribution in [1.29, 1.82) is 5.26 Å². The van der Waals surface area contributed by atoms with Gasteiger partial charge in [0.15, 0.2) is 0 Å². The first-order chi connectivity index (χ1) is 15.1. The lowest BCUT2D eigenvalue weighted by Crippen LogP contribution is -2.36. The van der Waals surface area contributed by atoms with Gasteiger partial charge in [0.1, 0.15) is 34.6 Å². The minimum absolute atomic E-state index is 0.0316. The van der Waals surface area contributed by atoms with Crippen LogP contribution in [0, 0.1) is 17.1 Å². The van der Waals surface area contributed by atoms with E-state index >= 15 is 0 Å². The number of nitrogens with zero attached hydrogens (tertiary/aromatic N) is 4. The van der Waals surface area contributed by atoms with Gasteiger partial charge >= 0.3 is 0 Å². The zero-order chi connectivity index (χ0) is 23.5. The number of ether oxygens (including phenoxy) is 1. The largest absolute Gasteiger partial charge is 0.368 e. The lowest BCUT2D eigenvalue weighted by atomic mass is 10.1. The zero-order valence-electron chi connectivity index (χ0n) is 18.2. The number of H-pyrrole nitrogens is 1. The summed E-state index contributed by atoms with van der Waals surface area (Å²) in [5.41, 5.74) is 0.480. The van der Waals surface area contributed by atoms with Crippen LogP contribution in [-0.2, 0) is 16.9 Å². The molecule has 0 aliphatic carbocycles. The lowest BCUT2D eigenvalue weighted by Gasteiger charge is -2.21. The van der Waals surface area contributed by atoms with Crippen molar-refractivity contribution < 1.29 is 13.9 Å². The molecule has 0 fully saturated rings. The second-order valence-electron chi connectivity index (χ2n) is 7.81. The molecule has 0 aliphatic rings. The van der Waals surface area contributed by atoms with Crippen molar-refractivity contribution in [2.75, 3.05) is 6.61 Å². The van der Waals surface area contributed by atoms with Crippen LogP contribution < -0.4 is 5.32 Å². The molecule has 10 heteroatoms. The quantitative estimate of drug-likeness (QED) is 0.529. The molecule has 3 aromatic rings. The molecule has 1 unspecified atom stereocenters. The molecular weight excluding hydrogens is 435 g/mol. The van der Waals surface area contributed by atoms with Crippen LogP contribution in [0.15, 0.2) is 30.6 Å². The summed E-state index contributed by atoms with van der Waals surface area (Å²) < 4.78 is 21.3. The average molecular weight is 459 g/mol. The summed E-state index contributed by atoms with van der Waals surface area (Å²) in [5.74, 6) is -0.421. The Labute approximate surface area is 190 Å². The van der Waals surface area contributed by atoms with E-state index < -0.39 is 11.4 Å². The first kappa shape index (κ1) is 23.4. The number of nitriles is 1. The fourth-order valence-electron chi connectivity index (χ4n) is 3.24. The summed E-state index contributed by atoms with van der Waals surface area (Å²) in [5, 5.41) is 16.3. The minimum Gasteiger partial charge on any atom is -0.368 e. The highest BCUT2D eigenvalue weighted by Gasteiger charge is 2.25. The van der Waals surface area contributed by atoms with Crippen molar-refractivity contribution in [3.8, 4) is 17.3 Å². The third kappa shape index (κ3) is 5.15.